The van der Waals surface area contributed by atoms with Gasteiger partial charge < -0.3 is 9.72 Å². The molecule has 0 saturated carbocycles. The molecule has 0 atom stereocenters. The SMILES string of the molecule is CS(=O)(=O)Nc1ccc(-c2[nH]c3cc(OC(F)F)ccc3c2C#N)cc1. The van der Waals surface area contributed by atoms with Gasteiger partial charge in [-0.3, -0.25) is 4.72 Å². The largest absolute Gasteiger partial charge is 0.435 e. The molecule has 6 nitrogen and oxygen atoms in total. The number of hydrogen-bond donors (Lipinski definition) is 2. The Bertz CT molecular complexity index is 1100. The Labute approximate surface area is 148 Å². The van der Waals surface area contributed by atoms with Gasteiger partial charge in [0.15, 0.2) is 0 Å². The zero-order valence-corrected chi connectivity index (χ0v) is 14.3. The van der Waals surface area contributed by atoms with Gasteiger partial charge >= 0.3 is 6.61 Å². The minimum absolute atomic E-state index is 0.0162. The van der Waals surface area contributed by atoms with E-state index < -0.39 is 16.6 Å². The highest BCUT2D eigenvalue weighted by Gasteiger charge is 2.15. The molecule has 0 unspecified atom stereocenters. The number of H-pyrrole nitrogens is 1. The number of aromatic nitrogens is 1. The van der Waals surface area contributed by atoms with Gasteiger partial charge in [0.05, 0.1) is 23.0 Å². The average Bonchev–Trinajstić information content (AvgIpc) is 2.91. The number of fused-ring (bicyclic) bond motifs is 1. The summed E-state index contributed by atoms with van der Waals surface area (Å²) >= 11 is 0. The van der Waals surface area contributed by atoms with Crippen LogP contribution in [0.2, 0.25) is 0 Å². The molecule has 0 spiro atoms. The fourth-order valence-electron chi connectivity index (χ4n) is 2.60. The lowest BCUT2D eigenvalue weighted by Gasteiger charge is -2.05. The Hall–Kier alpha value is -3.12. The maximum Gasteiger partial charge on any atom is 0.387 e. The van der Waals surface area contributed by atoms with Crippen LogP contribution in [0.5, 0.6) is 5.75 Å². The summed E-state index contributed by atoms with van der Waals surface area (Å²) < 4.78 is 53.9. The van der Waals surface area contributed by atoms with Crippen LogP contribution >= 0.6 is 0 Å². The second-order valence-corrected chi connectivity index (χ2v) is 7.27. The Morgan fingerprint density at radius 2 is 1.88 bits per heavy atom. The van der Waals surface area contributed by atoms with E-state index in [1.165, 1.54) is 18.2 Å². The molecule has 9 heteroatoms. The third kappa shape index (κ3) is 3.75. The van der Waals surface area contributed by atoms with Gasteiger partial charge in [0.1, 0.15) is 11.8 Å². The number of rotatable bonds is 5. The van der Waals surface area contributed by atoms with Crippen LogP contribution in [0.15, 0.2) is 42.5 Å². The molecule has 2 aromatic carbocycles. The van der Waals surface area contributed by atoms with Gasteiger partial charge in [0, 0.05) is 17.1 Å². The van der Waals surface area contributed by atoms with E-state index in [4.69, 9.17) is 0 Å². The summed E-state index contributed by atoms with van der Waals surface area (Å²) in [5.41, 5.74) is 2.37. The quantitative estimate of drug-likeness (QED) is 0.709. The summed E-state index contributed by atoms with van der Waals surface area (Å²) in [5, 5.41) is 10.0. The van der Waals surface area contributed by atoms with Gasteiger partial charge in [0.25, 0.3) is 0 Å². The lowest BCUT2D eigenvalue weighted by atomic mass is 10.1. The van der Waals surface area contributed by atoms with Crippen molar-refractivity contribution in [1.29, 1.82) is 5.26 Å². The summed E-state index contributed by atoms with van der Waals surface area (Å²) in [7, 11) is -3.39. The van der Waals surface area contributed by atoms with Crippen LogP contribution in [0, 0.1) is 11.3 Å². The Balaban J connectivity index is 2.03. The highest BCUT2D eigenvalue weighted by molar-refractivity contribution is 7.92. The molecule has 2 N–H and O–H groups in total. The Kier molecular flexibility index (Phi) is 4.52. The molecule has 1 heterocycles. The summed E-state index contributed by atoms with van der Waals surface area (Å²) in [4.78, 5) is 3.03. The van der Waals surface area contributed by atoms with Gasteiger partial charge in [-0.05, 0) is 29.8 Å². The molecular weight excluding hydrogens is 364 g/mol. The highest BCUT2D eigenvalue weighted by Crippen LogP contribution is 2.32. The Morgan fingerprint density at radius 3 is 2.46 bits per heavy atom. The monoisotopic (exact) mass is 377 g/mol. The molecule has 0 aliphatic heterocycles. The number of anilines is 1. The highest BCUT2D eigenvalue weighted by atomic mass is 32.2. The zero-order valence-electron chi connectivity index (χ0n) is 13.5. The molecule has 26 heavy (non-hydrogen) atoms. The standard InChI is InChI=1S/C17H13F2N3O3S/c1-26(23,24)22-11-4-2-10(3-5-11)16-14(9-20)13-7-6-12(25-17(18)19)8-15(13)21-16/h2-8,17,21-22H,1H3. The Morgan fingerprint density at radius 1 is 1.19 bits per heavy atom. The molecule has 3 aromatic rings. The second kappa shape index (κ2) is 6.65. The van der Waals surface area contributed by atoms with Gasteiger partial charge in [0.2, 0.25) is 10.0 Å². The fraction of sp³-hybridized carbons (Fsp3) is 0.118. The third-order valence-electron chi connectivity index (χ3n) is 3.58. The minimum atomic E-state index is -3.39. The van der Waals surface area contributed by atoms with Crippen LogP contribution in [-0.2, 0) is 10.0 Å². The number of halogens is 2. The molecule has 1 aromatic heterocycles. The number of sulfonamides is 1. The average molecular weight is 377 g/mol. The van der Waals surface area contributed by atoms with Crippen LogP contribution in [0.4, 0.5) is 14.5 Å². The smallest absolute Gasteiger partial charge is 0.387 e. The lowest BCUT2D eigenvalue weighted by Crippen LogP contribution is -2.09. The summed E-state index contributed by atoms with van der Waals surface area (Å²) in [5.74, 6) is -0.0162. The topological polar surface area (TPSA) is 95.0 Å². The van der Waals surface area contributed by atoms with Crippen molar-refractivity contribution in [2.24, 2.45) is 0 Å². The van der Waals surface area contributed by atoms with Crippen molar-refractivity contribution < 1.29 is 21.9 Å². The number of nitrogens with zero attached hydrogens (tertiary/aromatic N) is 1. The molecule has 134 valence electrons. The third-order valence-corrected chi connectivity index (χ3v) is 4.19. The first-order valence-corrected chi connectivity index (χ1v) is 9.25. The van der Waals surface area contributed by atoms with Crippen molar-refractivity contribution in [1.82, 2.24) is 4.98 Å². The molecule has 0 amide bonds. The van der Waals surface area contributed by atoms with Crippen molar-refractivity contribution in [2.75, 3.05) is 11.0 Å². The number of nitriles is 1. The van der Waals surface area contributed by atoms with Gasteiger partial charge in [-0.15, -0.1) is 0 Å². The predicted molar refractivity (Wildman–Crippen MR) is 93.5 cm³/mol. The van der Waals surface area contributed by atoms with Crippen molar-refractivity contribution in [2.45, 2.75) is 6.61 Å². The zero-order chi connectivity index (χ0) is 18.9. The van der Waals surface area contributed by atoms with E-state index >= 15 is 0 Å². The van der Waals surface area contributed by atoms with Crippen molar-refractivity contribution >= 4 is 26.6 Å². The summed E-state index contributed by atoms with van der Waals surface area (Å²) in [6.07, 6.45) is 1.05. The van der Waals surface area contributed by atoms with Gasteiger partial charge in [-0.1, -0.05) is 12.1 Å². The van der Waals surface area contributed by atoms with Crippen LogP contribution in [0.3, 0.4) is 0 Å². The first-order valence-electron chi connectivity index (χ1n) is 7.35. The van der Waals surface area contributed by atoms with Crippen molar-refractivity contribution in [3.8, 4) is 23.1 Å². The van der Waals surface area contributed by atoms with Crippen LogP contribution in [0.1, 0.15) is 5.56 Å². The van der Waals surface area contributed by atoms with Crippen molar-refractivity contribution in [3.05, 3.63) is 48.0 Å². The molecule has 0 bridgehead atoms. The second-order valence-electron chi connectivity index (χ2n) is 5.52. The number of benzene rings is 2. The molecule has 0 radical (unpaired) electrons. The molecular formula is C17H13F2N3O3S. The van der Waals surface area contributed by atoms with E-state index in [-0.39, 0.29) is 5.75 Å². The number of nitrogens with one attached hydrogen (secondary N) is 2. The number of hydrogen-bond acceptors (Lipinski definition) is 4. The van der Waals surface area contributed by atoms with E-state index in [2.05, 4.69) is 20.5 Å². The normalized spacial score (nSPS) is 11.5. The molecule has 0 aliphatic carbocycles. The number of ether oxygens (including phenoxy) is 1. The van der Waals surface area contributed by atoms with E-state index in [0.29, 0.717) is 33.4 Å². The lowest BCUT2D eigenvalue weighted by molar-refractivity contribution is -0.0497. The summed E-state index contributed by atoms with van der Waals surface area (Å²) in [6, 6.07) is 12.8. The number of alkyl halides is 2. The molecule has 0 saturated heterocycles. The van der Waals surface area contributed by atoms with E-state index in [1.807, 2.05) is 0 Å². The van der Waals surface area contributed by atoms with Crippen molar-refractivity contribution in [3.63, 3.8) is 0 Å². The van der Waals surface area contributed by atoms with Gasteiger partial charge in [-0.2, -0.15) is 14.0 Å². The van der Waals surface area contributed by atoms with Crippen LogP contribution in [0.25, 0.3) is 22.2 Å². The maximum absolute atomic E-state index is 12.4. The molecule has 3 rings (SSSR count). The van der Waals surface area contributed by atoms with Gasteiger partial charge in [-0.25, -0.2) is 8.42 Å². The first-order chi connectivity index (χ1) is 12.3. The number of aromatic amines is 1. The maximum atomic E-state index is 12.4. The van der Waals surface area contributed by atoms with E-state index in [1.54, 1.807) is 24.3 Å². The summed E-state index contributed by atoms with van der Waals surface area (Å²) in [6.45, 7) is -2.94. The predicted octanol–water partition coefficient (Wildman–Crippen LogP) is 3.68. The van der Waals surface area contributed by atoms with E-state index in [0.717, 1.165) is 6.26 Å². The van der Waals surface area contributed by atoms with Crippen LogP contribution < -0.4 is 9.46 Å². The minimum Gasteiger partial charge on any atom is -0.435 e. The molecule has 0 fully saturated rings. The fourth-order valence-corrected chi connectivity index (χ4v) is 3.17. The van der Waals surface area contributed by atoms with Crippen LogP contribution in [-0.4, -0.2) is 26.3 Å². The molecule has 0 aliphatic rings. The van der Waals surface area contributed by atoms with E-state index in [9.17, 15) is 22.5 Å². The first kappa shape index (κ1) is 17.7.